The number of aromatic amines is 1. The average Bonchev–Trinajstić information content (AvgIpc) is 3.86. The van der Waals surface area contributed by atoms with E-state index in [2.05, 4.69) is 136 Å². The lowest BCUT2D eigenvalue weighted by Gasteiger charge is -2.08. The van der Waals surface area contributed by atoms with Gasteiger partial charge in [0.25, 0.3) is 0 Å². The number of rotatable bonds is 3. The lowest BCUT2D eigenvalue weighted by molar-refractivity contribution is 1.18. The van der Waals surface area contributed by atoms with Crippen molar-refractivity contribution in [1.82, 2.24) is 9.55 Å². The third-order valence-electron chi connectivity index (χ3n) is 8.65. The Hall–Kier alpha value is -4.68. The molecular formula is C38H22N2S3. The SMILES string of the molecule is c1ccc(-n2c3ccccc3c3cc(-c4ccc5sc6ccc(-c7cc8[nH]c9ccsc9c8s7)cc6c5c4)ccc32)cc1. The highest BCUT2D eigenvalue weighted by atomic mass is 32.1. The number of nitrogens with zero attached hydrogens (tertiary/aromatic N) is 1. The number of hydrogen-bond acceptors (Lipinski definition) is 3. The lowest BCUT2D eigenvalue weighted by atomic mass is 10.00. The highest BCUT2D eigenvalue weighted by molar-refractivity contribution is 7.28. The largest absolute Gasteiger partial charge is 0.353 e. The molecule has 5 heteroatoms. The smallest absolute Gasteiger partial charge is 0.0705 e. The fourth-order valence-corrected chi connectivity index (χ4v) is 9.84. The Morgan fingerprint density at radius 3 is 2.05 bits per heavy atom. The highest BCUT2D eigenvalue weighted by Gasteiger charge is 2.15. The summed E-state index contributed by atoms with van der Waals surface area (Å²) < 4.78 is 7.76. The van der Waals surface area contributed by atoms with Crippen molar-refractivity contribution >= 4 is 96.4 Å². The van der Waals surface area contributed by atoms with Gasteiger partial charge in [0.05, 0.1) is 31.5 Å². The third-order valence-corrected chi connectivity index (χ3v) is 12.1. The van der Waals surface area contributed by atoms with Crippen molar-refractivity contribution in [3.8, 4) is 27.3 Å². The van der Waals surface area contributed by atoms with Crippen LogP contribution < -0.4 is 0 Å². The molecule has 1 N–H and O–H groups in total. The zero-order chi connectivity index (χ0) is 28.1. The molecule has 0 spiro atoms. The number of nitrogens with one attached hydrogen (secondary N) is 1. The number of thiophene rings is 3. The Labute approximate surface area is 258 Å². The quantitative estimate of drug-likeness (QED) is 0.208. The van der Waals surface area contributed by atoms with Crippen LogP contribution in [0.2, 0.25) is 0 Å². The molecule has 10 aromatic rings. The van der Waals surface area contributed by atoms with Gasteiger partial charge < -0.3 is 9.55 Å². The molecule has 0 unspecified atom stereocenters. The molecule has 5 heterocycles. The molecule has 5 aromatic heterocycles. The molecule has 43 heavy (non-hydrogen) atoms. The van der Waals surface area contributed by atoms with Crippen molar-refractivity contribution in [2.45, 2.75) is 0 Å². The van der Waals surface area contributed by atoms with Gasteiger partial charge in [0.15, 0.2) is 0 Å². The topological polar surface area (TPSA) is 20.7 Å². The predicted octanol–water partition coefficient (Wildman–Crippen LogP) is 12.2. The first-order chi connectivity index (χ1) is 21.3. The Kier molecular flexibility index (Phi) is 4.94. The molecule has 0 aliphatic heterocycles. The van der Waals surface area contributed by atoms with Gasteiger partial charge in [0.2, 0.25) is 0 Å². The van der Waals surface area contributed by atoms with Crippen molar-refractivity contribution in [3.05, 3.63) is 127 Å². The molecule has 0 atom stereocenters. The van der Waals surface area contributed by atoms with Crippen LogP contribution >= 0.6 is 34.0 Å². The zero-order valence-corrected chi connectivity index (χ0v) is 25.2. The van der Waals surface area contributed by atoms with E-state index in [0.29, 0.717) is 0 Å². The van der Waals surface area contributed by atoms with Crippen LogP contribution in [0.5, 0.6) is 0 Å². The van der Waals surface area contributed by atoms with Crippen molar-refractivity contribution in [3.63, 3.8) is 0 Å². The van der Waals surface area contributed by atoms with Crippen LogP contribution in [-0.4, -0.2) is 9.55 Å². The number of hydrogen-bond donors (Lipinski definition) is 1. The van der Waals surface area contributed by atoms with E-state index in [-0.39, 0.29) is 0 Å². The van der Waals surface area contributed by atoms with E-state index in [1.54, 1.807) is 0 Å². The molecule has 0 aliphatic carbocycles. The second kappa shape index (κ2) is 8.91. The van der Waals surface area contributed by atoms with Crippen LogP contribution in [0, 0.1) is 0 Å². The van der Waals surface area contributed by atoms with E-state index in [1.165, 1.54) is 89.7 Å². The van der Waals surface area contributed by atoms with Gasteiger partial charge in [0, 0.05) is 41.5 Å². The molecule has 0 bridgehead atoms. The minimum atomic E-state index is 1.19. The first-order valence-corrected chi connectivity index (χ1v) is 16.8. The lowest BCUT2D eigenvalue weighted by Crippen LogP contribution is -1.92. The second-order valence-corrected chi connectivity index (χ2v) is 14.1. The first kappa shape index (κ1) is 23.8. The number of H-pyrrole nitrogens is 1. The minimum Gasteiger partial charge on any atom is -0.353 e. The van der Waals surface area contributed by atoms with Crippen molar-refractivity contribution in [2.75, 3.05) is 0 Å². The maximum absolute atomic E-state index is 3.59. The summed E-state index contributed by atoms with van der Waals surface area (Å²) in [6, 6.07) is 44.8. The Bertz CT molecular complexity index is 2680. The van der Waals surface area contributed by atoms with Crippen LogP contribution in [0.4, 0.5) is 0 Å². The zero-order valence-electron chi connectivity index (χ0n) is 22.8. The maximum atomic E-state index is 3.59. The number of aromatic nitrogens is 2. The first-order valence-electron chi connectivity index (χ1n) is 14.3. The Morgan fingerprint density at radius 1 is 0.488 bits per heavy atom. The number of benzene rings is 5. The summed E-state index contributed by atoms with van der Waals surface area (Å²) in [5, 5.41) is 7.39. The molecular weight excluding hydrogens is 581 g/mol. The van der Waals surface area contributed by atoms with E-state index in [0.717, 1.165) is 0 Å². The van der Waals surface area contributed by atoms with Gasteiger partial charge in [-0.15, -0.1) is 34.0 Å². The molecule has 0 aliphatic rings. The molecule has 2 nitrogen and oxygen atoms in total. The number of fused-ring (bicyclic) bond motifs is 9. The van der Waals surface area contributed by atoms with Gasteiger partial charge in [-0.25, -0.2) is 0 Å². The summed E-state index contributed by atoms with van der Waals surface area (Å²) in [6.45, 7) is 0. The van der Waals surface area contributed by atoms with Gasteiger partial charge in [-0.3, -0.25) is 0 Å². The average molecular weight is 603 g/mol. The summed E-state index contributed by atoms with van der Waals surface area (Å²) in [7, 11) is 0. The standard InChI is InChI=1S/C38H22N2S3/c1-2-6-25(7-3-1)40-32-9-5-4-8-26(32)27-18-22(10-13-33(27)40)23-11-14-34-28(19-23)29-20-24(12-15-35(29)42-34)36-21-31-38(43-36)37-30(39-31)16-17-41-37/h1-21,39H. The van der Waals surface area contributed by atoms with E-state index >= 15 is 0 Å². The van der Waals surface area contributed by atoms with Crippen LogP contribution in [0.1, 0.15) is 0 Å². The molecule has 202 valence electrons. The van der Waals surface area contributed by atoms with Crippen LogP contribution in [0.15, 0.2) is 127 Å². The van der Waals surface area contributed by atoms with E-state index in [4.69, 9.17) is 0 Å². The van der Waals surface area contributed by atoms with Gasteiger partial charge in [-0.2, -0.15) is 0 Å². The summed E-state index contributed by atoms with van der Waals surface area (Å²) in [4.78, 5) is 4.91. The maximum Gasteiger partial charge on any atom is 0.0705 e. The Morgan fingerprint density at radius 2 is 1.19 bits per heavy atom. The van der Waals surface area contributed by atoms with Crippen LogP contribution in [-0.2, 0) is 0 Å². The number of para-hydroxylation sites is 2. The minimum absolute atomic E-state index is 1.19. The summed E-state index contributed by atoms with van der Waals surface area (Å²) in [5.74, 6) is 0. The molecule has 0 saturated heterocycles. The Balaban J connectivity index is 1.13. The van der Waals surface area contributed by atoms with Crippen molar-refractivity contribution < 1.29 is 0 Å². The van der Waals surface area contributed by atoms with Gasteiger partial charge >= 0.3 is 0 Å². The fourth-order valence-electron chi connectivity index (χ4n) is 6.64. The van der Waals surface area contributed by atoms with Crippen molar-refractivity contribution in [2.24, 2.45) is 0 Å². The fraction of sp³-hybridized carbons (Fsp3) is 0. The molecule has 0 fully saturated rings. The molecule has 5 aromatic carbocycles. The van der Waals surface area contributed by atoms with Crippen LogP contribution in [0.25, 0.3) is 89.7 Å². The van der Waals surface area contributed by atoms with Gasteiger partial charge in [-0.05, 0) is 88.8 Å². The summed E-state index contributed by atoms with van der Waals surface area (Å²) >= 11 is 5.59. The van der Waals surface area contributed by atoms with Gasteiger partial charge in [0.1, 0.15) is 0 Å². The molecule has 10 rings (SSSR count). The van der Waals surface area contributed by atoms with E-state index < -0.39 is 0 Å². The third kappa shape index (κ3) is 3.50. The summed E-state index contributed by atoms with van der Waals surface area (Å²) in [6.07, 6.45) is 0. The molecule has 0 amide bonds. The monoisotopic (exact) mass is 602 g/mol. The normalized spacial score (nSPS) is 12.2. The second-order valence-electron chi connectivity index (χ2n) is 11.1. The van der Waals surface area contributed by atoms with Crippen LogP contribution in [0.3, 0.4) is 0 Å². The predicted molar refractivity (Wildman–Crippen MR) is 190 cm³/mol. The highest BCUT2D eigenvalue weighted by Crippen LogP contribution is 2.43. The molecule has 0 saturated carbocycles. The summed E-state index contributed by atoms with van der Waals surface area (Å²) in [5.41, 5.74) is 9.91. The van der Waals surface area contributed by atoms with Crippen molar-refractivity contribution in [1.29, 1.82) is 0 Å². The van der Waals surface area contributed by atoms with E-state index in [9.17, 15) is 0 Å². The molecule has 0 radical (unpaired) electrons. The van der Waals surface area contributed by atoms with Gasteiger partial charge in [-0.1, -0.05) is 54.6 Å². The van der Waals surface area contributed by atoms with E-state index in [1.807, 2.05) is 34.0 Å².